The van der Waals surface area contributed by atoms with Gasteiger partial charge in [0.1, 0.15) is 29.0 Å². The zero-order valence-electron chi connectivity index (χ0n) is 16.3. The number of benzene rings is 3. The fraction of sp³-hybridized carbons (Fsp3) is 0.0400. The maximum Gasteiger partial charge on any atom is 0.336 e. The summed E-state index contributed by atoms with van der Waals surface area (Å²) in [4.78, 5) is 12.2. The molecule has 3 aromatic carbocycles. The van der Waals surface area contributed by atoms with E-state index in [1.54, 1.807) is 36.4 Å². The summed E-state index contributed by atoms with van der Waals surface area (Å²) in [6.45, 7) is 0. The Hall–Kier alpha value is -4.37. The molecule has 0 aliphatic carbocycles. The molecule has 152 valence electrons. The molecule has 1 atom stereocenters. The first-order valence-corrected chi connectivity index (χ1v) is 9.47. The van der Waals surface area contributed by atoms with E-state index in [-0.39, 0.29) is 17.2 Å². The predicted octanol–water partition coefficient (Wildman–Crippen LogP) is 4.66. The van der Waals surface area contributed by atoms with Crippen LogP contribution in [0, 0.1) is 17.1 Å². The average molecular weight is 412 g/mol. The minimum Gasteiger partial charge on any atom is -0.440 e. The fourth-order valence-corrected chi connectivity index (χ4v) is 3.41. The predicted molar refractivity (Wildman–Crippen MR) is 113 cm³/mol. The van der Waals surface area contributed by atoms with Gasteiger partial charge < -0.3 is 15.2 Å². The molecule has 6 heteroatoms. The van der Waals surface area contributed by atoms with Gasteiger partial charge in [0.2, 0.25) is 5.88 Å². The third-order valence-corrected chi connectivity index (χ3v) is 4.84. The van der Waals surface area contributed by atoms with Gasteiger partial charge in [-0.1, -0.05) is 54.6 Å². The number of carbonyl (C=O) groups excluding carboxylic acids is 1. The molecular formula is C25H17FN2O3. The number of carbonyl (C=O) groups is 1. The van der Waals surface area contributed by atoms with E-state index < -0.39 is 17.7 Å². The second-order valence-corrected chi connectivity index (χ2v) is 6.81. The molecule has 0 bridgehead atoms. The van der Waals surface area contributed by atoms with Crippen LogP contribution in [0.25, 0.3) is 6.08 Å². The third kappa shape index (κ3) is 4.16. The second-order valence-electron chi connectivity index (χ2n) is 6.81. The van der Waals surface area contributed by atoms with Crippen molar-refractivity contribution < 1.29 is 18.7 Å². The topological polar surface area (TPSA) is 85.3 Å². The number of nitrogens with zero attached hydrogens (tertiary/aromatic N) is 1. The monoisotopic (exact) mass is 412 g/mol. The lowest BCUT2D eigenvalue weighted by Crippen LogP contribution is -2.21. The molecule has 1 heterocycles. The largest absolute Gasteiger partial charge is 0.440 e. The Kier molecular flexibility index (Phi) is 5.50. The van der Waals surface area contributed by atoms with Gasteiger partial charge in [0, 0.05) is 23.3 Å². The van der Waals surface area contributed by atoms with E-state index in [1.807, 2.05) is 36.4 Å². The van der Waals surface area contributed by atoms with Crippen molar-refractivity contribution in [1.29, 1.82) is 5.26 Å². The molecule has 0 amide bonds. The molecule has 5 nitrogen and oxygen atoms in total. The number of rotatable bonds is 4. The highest BCUT2D eigenvalue weighted by Crippen LogP contribution is 2.44. The lowest BCUT2D eigenvalue weighted by atomic mass is 9.83. The highest BCUT2D eigenvalue weighted by Gasteiger charge is 2.32. The van der Waals surface area contributed by atoms with Crippen molar-refractivity contribution in [2.24, 2.45) is 5.73 Å². The first-order chi connectivity index (χ1) is 15.1. The maximum atomic E-state index is 14.5. The van der Waals surface area contributed by atoms with Gasteiger partial charge in [-0.05, 0) is 23.8 Å². The van der Waals surface area contributed by atoms with Gasteiger partial charge in [-0.15, -0.1) is 0 Å². The lowest BCUT2D eigenvalue weighted by Gasteiger charge is -2.26. The number of hydrogen-bond acceptors (Lipinski definition) is 5. The van der Waals surface area contributed by atoms with Gasteiger partial charge in [0.15, 0.2) is 0 Å². The standard InChI is InChI=1S/C25H17FN2O3/c26-21-9-5-4-8-18(21)24-19-12-11-17(14-22(19)31-25(28)20(24)15-27)30-23(29)13-10-16-6-2-1-3-7-16/h1-14,24H,28H2/b13-10+. The van der Waals surface area contributed by atoms with Crippen LogP contribution < -0.4 is 15.2 Å². The SMILES string of the molecule is N#CC1=C(N)Oc2cc(OC(=O)/C=C/c3ccccc3)ccc2C1c1ccccc1F. The minimum atomic E-state index is -0.724. The quantitative estimate of drug-likeness (QED) is 0.383. The number of fused-ring (bicyclic) bond motifs is 1. The highest BCUT2D eigenvalue weighted by atomic mass is 19.1. The lowest BCUT2D eigenvalue weighted by molar-refractivity contribution is -0.128. The van der Waals surface area contributed by atoms with Gasteiger partial charge in [-0.25, -0.2) is 9.18 Å². The van der Waals surface area contributed by atoms with E-state index in [0.29, 0.717) is 16.9 Å². The van der Waals surface area contributed by atoms with Crippen LogP contribution in [0.1, 0.15) is 22.6 Å². The molecule has 1 aliphatic heterocycles. The summed E-state index contributed by atoms with van der Waals surface area (Å²) in [7, 11) is 0. The molecule has 0 spiro atoms. The number of esters is 1. The van der Waals surface area contributed by atoms with Gasteiger partial charge in [0.05, 0.1) is 5.92 Å². The summed E-state index contributed by atoms with van der Waals surface area (Å²) in [5.74, 6) is -1.33. The van der Waals surface area contributed by atoms with Gasteiger partial charge >= 0.3 is 5.97 Å². The van der Waals surface area contributed by atoms with Crippen molar-refractivity contribution in [2.45, 2.75) is 5.92 Å². The summed E-state index contributed by atoms with van der Waals surface area (Å²) >= 11 is 0. The van der Waals surface area contributed by atoms with Crippen molar-refractivity contribution in [1.82, 2.24) is 0 Å². The number of halogens is 1. The smallest absolute Gasteiger partial charge is 0.336 e. The maximum absolute atomic E-state index is 14.5. The van der Waals surface area contributed by atoms with Crippen LogP contribution >= 0.6 is 0 Å². The van der Waals surface area contributed by atoms with E-state index in [0.717, 1.165) is 5.56 Å². The second kappa shape index (κ2) is 8.56. The van der Waals surface area contributed by atoms with Crippen molar-refractivity contribution in [2.75, 3.05) is 0 Å². The molecule has 1 unspecified atom stereocenters. The molecule has 0 fully saturated rings. The summed E-state index contributed by atoms with van der Waals surface area (Å²) in [6.07, 6.45) is 2.96. The zero-order chi connectivity index (χ0) is 21.8. The van der Waals surface area contributed by atoms with Crippen LogP contribution in [0.3, 0.4) is 0 Å². The van der Waals surface area contributed by atoms with Crippen molar-refractivity contribution >= 4 is 12.0 Å². The normalized spacial score (nSPS) is 15.2. The van der Waals surface area contributed by atoms with Crippen molar-refractivity contribution in [3.05, 3.63) is 113 Å². The molecule has 0 radical (unpaired) electrons. The van der Waals surface area contributed by atoms with Crippen LogP contribution in [0.4, 0.5) is 4.39 Å². The van der Waals surface area contributed by atoms with Crippen LogP contribution in [0.15, 0.2) is 90.3 Å². The van der Waals surface area contributed by atoms with Crippen LogP contribution in [-0.4, -0.2) is 5.97 Å². The molecule has 2 N–H and O–H groups in total. The number of nitrogens with two attached hydrogens (primary N) is 1. The summed E-state index contributed by atoms with van der Waals surface area (Å²) in [5, 5.41) is 9.57. The Morgan fingerprint density at radius 2 is 1.81 bits per heavy atom. The first-order valence-electron chi connectivity index (χ1n) is 9.47. The van der Waals surface area contributed by atoms with Gasteiger partial charge in [-0.3, -0.25) is 0 Å². The molecule has 0 saturated carbocycles. The van der Waals surface area contributed by atoms with Gasteiger partial charge in [0.25, 0.3) is 0 Å². The summed E-state index contributed by atoms with van der Waals surface area (Å²) < 4.78 is 25.4. The van der Waals surface area contributed by atoms with Gasteiger partial charge in [-0.2, -0.15) is 5.26 Å². The van der Waals surface area contributed by atoms with Crippen LogP contribution in [0.5, 0.6) is 11.5 Å². The van der Waals surface area contributed by atoms with E-state index in [4.69, 9.17) is 15.2 Å². The Balaban J connectivity index is 1.63. The van der Waals surface area contributed by atoms with E-state index in [1.165, 1.54) is 18.2 Å². The third-order valence-electron chi connectivity index (χ3n) is 4.84. The average Bonchev–Trinajstić information content (AvgIpc) is 2.78. The molecule has 1 aliphatic rings. The molecule has 0 aromatic heterocycles. The fourth-order valence-electron chi connectivity index (χ4n) is 3.41. The summed E-state index contributed by atoms with van der Waals surface area (Å²) in [6, 6.07) is 22.3. The van der Waals surface area contributed by atoms with Crippen molar-refractivity contribution in [3.63, 3.8) is 0 Å². The number of ether oxygens (including phenoxy) is 2. The molecule has 4 rings (SSSR count). The molecule has 3 aromatic rings. The van der Waals surface area contributed by atoms with E-state index >= 15 is 0 Å². The number of hydrogen-bond donors (Lipinski definition) is 1. The van der Waals surface area contributed by atoms with Crippen LogP contribution in [-0.2, 0) is 4.79 Å². The first kappa shape index (κ1) is 19.9. The number of nitriles is 1. The Labute approximate surface area is 178 Å². The van der Waals surface area contributed by atoms with Crippen LogP contribution in [0.2, 0.25) is 0 Å². The highest BCUT2D eigenvalue weighted by molar-refractivity contribution is 5.88. The van der Waals surface area contributed by atoms with Crippen molar-refractivity contribution in [3.8, 4) is 17.6 Å². The number of allylic oxidation sites excluding steroid dienone is 1. The van der Waals surface area contributed by atoms with E-state index in [9.17, 15) is 14.4 Å². The van der Waals surface area contributed by atoms with E-state index in [2.05, 4.69) is 0 Å². The Morgan fingerprint density at radius 3 is 2.55 bits per heavy atom. The summed E-state index contributed by atoms with van der Waals surface area (Å²) in [5.41, 5.74) is 7.78. The molecular weight excluding hydrogens is 395 g/mol. The Morgan fingerprint density at radius 1 is 1.06 bits per heavy atom. The Bertz CT molecular complexity index is 1240. The molecule has 0 saturated heterocycles. The minimum absolute atomic E-state index is 0.115. The zero-order valence-corrected chi connectivity index (χ0v) is 16.3. The molecule has 31 heavy (non-hydrogen) atoms.